The zero-order chi connectivity index (χ0) is 11.8. The molecule has 1 unspecified atom stereocenters. The number of rotatable bonds is 3. The van der Waals surface area contributed by atoms with Crippen LogP contribution in [0.15, 0.2) is 0 Å². The van der Waals surface area contributed by atoms with Crippen molar-refractivity contribution in [2.45, 2.75) is 58.0 Å². The summed E-state index contributed by atoms with van der Waals surface area (Å²) in [6.07, 6.45) is 7.10. The molecule has 0 aromatic carbocycles. The van der Waals surface area contributed by atoms with Gasteiger partial charge in [0.05, 0.1) is 0 Å². The predicted molar refractivity (Wildman–Crippen MR) is 69.7 cm³/mol. The first-order valence-corrected chi connectivity index (χ1v) is 6.97. The van der Waals surface area contributed by atoms with Crippen molar-refractivity contribution in [2.24, 2.45) is 5.41 Å². The SMILES string of the molecule is CCC(C)N1CCC2(CC1)CC(N(C)C)C2. The fourth-order valence-corrected chi connectivity index (χ4v) is 3.41. The predicted octanol–water partition coefficient (Wildman–Crippen LogP) is 2.59. The summed E-state index contributed by atoms with van der Waals surface area (Å²) in [6, 6.07) is 1.66. The van der Waals surface area contributed by atoms with E-state index in [1.807, 2.05) is 0 Å². The maximum absolute atomic E-state index is 2.69. The minimum atomic E-state index is 0.735. The van der Waals surface area contributed by atoms with Crippen molar-refractivity contribution in [1.82, 2.24) is 9.80 Å². The standard InChI is InChI=1S/C14H28N2/c1-5-12(2)16-8-6-14(7-9-16)10-13(11-14)15(3)4/h12-13H,5-11H2,1-4H3. The van der Waals surface area contributed by atoms with E-state index in [1.165, 1.54) is 45.2 Å². The molecule has 1 saturated heterocycles. The number of hydrogen-bond donors (Lipinski definition) is 0. The number of piperidine rings is 1. The Morgan fingerprint density at radius 1 is 1.25 bits per heavy atom. The maximum Gasteiger partial charge on any atom is 0.00997 e. The average Bonchev–Trinajstić information content (AvgIpc) is 2.24. The van der Waals surface area contributed by atoms with Crippen LogP contribution in [0.25, 0.3) is 0 Å². The second-order valence-electron chi connectivity index (χ2n) is 6.32. The van der Waals surface area contributed by atoms with Gasteiger partial charge in [-0.05, 0) is 71.6 Å². The topological polar surface area (TPSA) is 6.48 Å². The lowest BCUT2D eigenvalue weighted by atomic mass is 9.60. The van der Waals surface area contributed by atoms with E-state index in [0.29, 0.717) is 0 Å². The lowest BCUT2D eigenvalue weighted by Gasteiger charge is -2.54. The second kappa shape index (κ2) is 4.66. The van der Waals surface area contributed by atoms with Gasteiger partial charge in [0, 0.05) is 12.1 Å². The monoisotopic (exact) mass is 224 g/mol. The van der Waals surface area contributed by atoms with Crippen LogP contribution in [0.3, 0.4) is 0 Å². The Balaban J connectivity index is 1.79. The number of nitrogens with zero attached hydrogens (tertiary/aromatic N) is 2. The van der Waals surface area contributed by atoms with Gasteiger partial charge in [-0.25, -0.2) is 0 Å². The molecule has 0 N–H and O–H groups in total. The van der Waals surface area contributed by atoms with Gasteiger partial charge in [-0.15, -0.1) is 0 Å². The van der Waals surface area contributed by atoms with Crippen LogP contribution in [0.2, 0.25) is 0 Å². The Morgan fingerprint density at radius 3 is 2.25 bits per heavy atom. The summed E-state index contributed by atoms with van der Waals surface area (Å²) < 4.78 is 0. The van der Waals surface area contributed by atoms with Crippen LogP contribution in [0.5, 0.6) is 0 Å². The van der Waals surface area contributed by atoms with Gasteiger partial charge in [0.1, 0.15) is 0 Å². The van der Waals surface area contributed by atoms with Crippen molar-refractivity contribution in [3.05, 3.63) is 0 Å². The van der Waals surface area contributed by atoms with Crippen LogP contribution in [-0.2, 0) is 0 Å². The summed E-state index contributed by atoms with van der Waals surface area (Å²) in [5, 5.41) is 0. The molecule has 0 radical (unpaired) electrons. The molecular weight excluding hydrogens is 196 g/mol. The fraction of sp³-hybridized carbons (Fsp3) is 1.00. The van der Waals surface area contributed by atoms with Gasteiger partial charge in [0.2, 0.25) is 0 Å². The third-order valence-corrected chi connectivity index (χ3v) is 5.14. The average molecular weight is 224 g/mol. The Bertz CT molecular complexity index is 221. The van der Waals surface area contributed by atoms with Crippen LogP contribution in [0, 0.1) is 5.41 Å². The molecule has 2 heteroatoms. The Labute approximate surface area is 101 Å². The van der Waals surface area contributed by atoms with Crippen molar-refractivity contribution in [3.8, 4) is 0 Å². The van der Waals surface area contributed by atoms with E-state index in [9.17, 15) is 0 Å². The highest BCUT2D eigenvalue weighted by atomic mass is 15.2. The van der Waals surface area contributed by atoms with Crippen molar-refractivity contribution in [1.29, 1.82) is 0 Å². The summed E-state index contributed by atoms with van der Waals surface area (Å²) in [4.78, 5) is 5.10. The molecule has 16 heavy (non-hydrogen) atoms. The number of likely N-dealkylation sites (tertiary alicyclic amines) is 1. The van der Waals surface area contributed by atoms with Gasteiger partial charge in [-0.1, -0.05) is 6.92 Å². The van der Waals surface area contributed by atoms with Gasteiger partial charge in [0.25, 0.3) is 0 Å². The summed E-state index contributed by atoms with van der Waals surface area (Å²) in [7, 11) is 4.46. The van der Waals surface area contributed by atoms with Crippen molar-refractivity contribution in [2.75, 3.05) is 27.2 Å². The first-order chi connectivity index (χ1) is 7.56. The van der Waals surface area contributed by atoms with Crippen LogP contribution in [0.1, 0.15) is 46.0 Å². The highest BCUT2D eigenvalue weighted by Crippen LogP contribution is 2.50. The van der Waals surface area contributed by atoms with Gasteiger partial charge >= 0.3 is 0 Å². The minimum Gasteiger partial charge on any atom is -0.306 e. The van der Waals surface area contributed by atoms with Gasteiger partial charge < -0.3 is 9.80 Å². The quantitative estimate of drug-likeness (QED) is 0.727. The highest BCUT2D eigenvalue weighted by molar-refractivity contribution is 5.00. The van der Waals surface area contributed by atoms with Gasteiger partial charge in [-0.2, -0.15) is 0 Å². The molecule has 2 fully saturated rings. The van der Waals surface area contributed by atoms with E-state index >= 15 is 0 Å². The fourth-order valence-electron chi connectivity index (χ4n) is 3.41. The van der Waals surface area contributed by atoms with Crippen LogP contribution < -0.4 is 0 Å². The lowest BCUT2D eigenvalue weighted by Crippen LogP contribution is -2.54. The van der Waals surface area contributed by atoms with Crippen molar-refractivity contribution in [3.63, 3.8) is 0 Å². The smallest absolute Gasteiger partial charge is 0.00997 e. The first-order valence-electron chi connectivity index (χ1n) is 6.97. The molecule has 1 heterocycles. The molecule has 0 bridgehead atoms. The summed E-state index contributed by atoms with van der Waals surface area (Å²) in [5.41, 5.74) is 0.735. The number of hydrogen-bond acceptors (Lipinski definition) is 2. The Hall–Kier alpha value is -0.0800. The first kappa shape index (κ1) is 12.4. The maximum atomic E-state index is 2.69. The summed E-state index contributed by atoms with van der Waals surface area (Å²) >= 11 is 0. The van der Waals surface area contributed by atoms with E-state index in [0.717, 1.165) is 17.5 Å². The Morgan fingerprint density at radius 2 is 1.81 bits per heavy atom. The molecule has 0 amide bonds. The van der Waals surface area contributed by atoms with Gasteiger partial charge in [0.15, 0.2) is 0 Å². The molecule has 1 saturated carbocycles. The van der Waals surface area contributed by atoms with E-state index in [2.05, 4.69) is 37.7 Å². The van der Waals surface area contributed by atoms with Crippen molar-refractivity contribution >= 4 is 0 Å². The van der Waals surface area contributed by atoms with Gasteiger partial charge in [-0.3, -0.25) is 0 Å². The summed E-state index contributed by atoms with van der Waals surface area (Å²) in [5.74, 6) is 0. The zero-order valence-corrected chi connectivity index (χ0v) is 11.5. The molecule has 2 rings (SSSR count). The molecule has 1 spiro atoms. The van der Waals surface area contributed by atoms with E-state index < -0.39 is 0 Å². The van der Waals surface area contributed by atoms with Crippen LogP contribution in [-0.4, -0.2) is 49.1 Å². The molecule has 1 aliphatic heterocycles. The molecule has 1 aliphatic carbocycles. The molecule has 94 valence electrons. The second-order valence-corrected chi connectivity index (χ2v) is 6.32. The normalized spacial score (nSPS) is 28.3. The van der Waals surface area contributed by atoms with E-state index in [1.54, 1.807) is 0 Å². The van der Waals surface area contributed by atoms with Crippen LogP contribution in [0.4, 0.5) is 0 Å². The summed E-state index contributed by atoms with van der Waals surface area (Å²) in [6.45, 7) is 7.37. The van der Waals surface area contributed by atoms with E-state index in [4.69, 9.17) is 0 Å². The van der Waals surface area contributed by atoms with E-state index in [-0.39, 0.29) is 0 Å². The third-order valence-electron chi connectivity index (χ3n) is 5.14. The molecule has 2 aliphatic rings. The minimum absolute atomic E-state index is 0.735. The highest BCUT2D eigenvalue weighted by Gasteiger charge is 2.46. The molecule has 0 aromatic rings. The van der Waals surface area contributed by atoms with Crippen molar-refractivity contribution < 1.29 is 0 Å². The molecular formula is C14H28N2. The molecule has 1 atom stereocenters. The van der Waals surface area contributed by atoms with Crippen LogP contribution >= 0.6 is 0 Å². The Kier molecular flexibility index (Phi) is 3.60. The zero-order valence-electron chi connectivity index (χ0n) is 11.5. The lowest BCUT2D eigenvalue weighted by molar-refractivity contribution is -0.0349. The largest absolute Gasteiger partial charge is 0.306 e. The third kappa shape index (κ3) is 2.28. The molecule has 0 aromatic heterocycles. The molecule has 2 nitrogen and oxygen atoms in total.